The maximum Gasteiger partial charge on any atom is 0.255 e. The first-order valence-electron chi connectivity index (χ1n) is 8.28. The molecule has 1 aromatic heterocycles. The fraction of sp³-hybridized carbons (Fsp3) is 0.136. The standard InChI is InChI=1S/C22H19NO3/c1-2-14-23(16-21-9-6-15-25-21)22(24)19-12-10-18(11-13-19)17-26-20-7-4-3-5-8-20/h1,3-13,15H,14,16-17H2. The molecule has 26 heavy (non-hydrogen) atoms. The molecule has 0 aliphatic heterocycles. The van der Waals surface area contributed by atoms with Crippen molar-refractivity contribution in [2.75, 3.05) is 6.54 Å². The summed E-state index contributed by atoms with van der Waals surface area (Å²) in [6.07, 6.45) is 6.98. The van der Waals surface area contributed by atoms with E-state index in [0.29, 0.717) is 24.5 Å². The lowest BCUT2D eigenvalue weighted by atomic mass is 10.1. The van der Waals surface area contributed by atoms with Crippen molar-refractivity contribution >= 4 is 5.91 Å². The third-order valence-corrected chi connectivity index (χ3v) is 3.85. The first-order valence-corrected chi connectivity index (χ1v) is 8.28. The third-order valence-electron chi connectivity index (χ3n) is 3.85. The van der Waals surface area contributed by atoms with Gasteiger partial charge in [0.25, 0.3) is 5.91 Å². The summed E-state index contributed by atoms with van der Waals surface area (Å²) in [5.41, 5.74) is 1.57. The van der Waals surface area contributed by atoms with Gasteiger partial charge in [-0.15, -0.1) is 6.42 Å². The molecule has 0 radical (unpaired) electrons. The summed E-state index contributed by atoms with van der Waals surface area (Å²) in [4.78, 5) is 14.3. The molecule has 0 saturated heterocycles. The maximum absolute atomic E-state index is 12.7. The van der Waals surface area contributed by atoms with E-state index in [2.05, 4.69) is 5.92 Å². The Balaban J connectivity index is 1.64. The van der Waals surface area contributed by atoms with E-state index in [1.165, 1.54) is 0 Å². The molecule has 0 aliphatic rings. The number of hydrogen-bond acceptors (Lipinski definition) is 3. The molecule has 0 atom stereocenters. The number of carbonyl (C=O) groups is 1. The van der Waals surface area contributed by atoms with E-state index in [1.54, 1.807) is 29.4 Å². The first-order chi connectivity index (χ1) is 12.8. The molecule has 3 rings (SSSR count). The van der Waals surface area contributed by atoms with Crippen molar-refractivity contribution in [3.05, 3.63) is 89.9 Å². The SMILES string of the molecule is C#CCN(Cc1ccco1)C(=O)c1ccc(COc2ccccc2)cc1. The van der Waals surface area contributed by atoms with Gasteiger partial charge in [0.15, 0.2) is 0 Å². The fourth-order valence-corrected chi connectivity index (χ4v) is 2.51. The summed E-state index contributed by atoms with van der Waals surface area (Å²) in [6.45, 7) is 1.01. The molecule has 0 spiro atoms. The summed E-state index contributed by atoms with van der Waals surface area (Å²) in [5.74, 6) is 3.90. The lowest BCUT2D eigenvalue weighted by molar-refractivity contribution is 0.0755. The molecule has 0 N–H and O–H groups in total. The number of ether oxygens (including phenoxy) is 1. The number of carbonyl (C=O) groups excluding carboxylic acids is 1. The fourth-order valence-electron chi connectivity index (χ4n) is 2.51. The molecular formula is C22H19NO3. The molecule has 0 unspecified atom stereocenters. The van der Waals surface area contributed by atoms with Crippen molar-refractivity contribution in [2.45, 2.75) is 13.2 Å². The van der Waals surface area contributed by atoms with Crippen LogP contribution in [0.5, 0.6) is 5.75 Å². The van der Waals surface area contributed by atoms with Crippen LogP contribution >= 0.6 is 0 Å². The van der Waals surface area contributed by atoms with Gasteiger partial charge >= 0.3 is 0 Å². The zero-order chi connectivity index (χ0) is 18.2. The Morgan fingerprint density at radius 2 is 1.81 bits per heavy atom. The van der Waals surface area contributed by atoms with Gasteiger partial charge in [-0.2, -0.15) is 0 Å². The Morgan fingerprint density at radius 1 is 1.04 bits per heavy atom. The van der Waals surface area contributed by atoms with Crippen LogP contribution in [0.3, 0.4) is 0 Å². The Bertz CT molecular complexity index is 862. The minimum Gasteiger partial charge on any atom is -0.489 e. The Morgan fingerprint density at radius 3 is 2.46 bits per heavy atom. The van der Waals surface area contributed by atoms with E-state index in [-0.39, 0.29) is 12.5 Å². The predicted molar refractivity (Wildman–Crippen MR) is 99.5 cm³/mol. The van der Waals surface area contributed by atoms with E-state index in [4.69, 9.17) is 15.6 Å². The molecule has 2 aromatic carbocycles. The molecule has 1 amide bonds. The number of furan rings is 1. The van der Waals surface area contributed by atoms with E-state index in [0.717, 1.165) is 11.3 Å². The lowest BCUT2D eigenvalue weighted by Crippen LogP contribution is -2.30. The van der Waals surface area contributed by atoms with Crippen LogP contribution in [0.25, 0.3) is 0 Å². The van der Waals surface area contributed by atoms with Crippen LogP contribution in [0.15, 0.2) is 77.4 Å². The Kier molecular flexibility index (Phi) is 5.74. The highest BCUT2D eigenvalue weighted by Gasteiger charge is 2.16. The van der Waals surface area contributed by atoms with Crippen molar-refractivity contribution in [3.63, 3.8) is 0 Å². The lowest BCUT2D eigenvalue weighted by Gasteiger charge is -2.19. The summed E-state index contributed by atoms with van der Waals surface area (Å²) in [5, 5.41) is 0. The summed E-state index contributed by atoms with van der Waals surface area (Å²) in [7, 11) is 0. The second-order valence-electron chi connectivity index (χ2n) is 5.74. The van der Waals surface area contributed by atoms with E-state index < -0.39 is 0 Å². The molecular weight excluding hydrogens is 326 g/mol. The average molecular weight is 345 g/mol. The largest absolute Gasteiger partial charge is 0.489 e. The molecule has 0 bridgehead atoms. The molecule has 1 heterocycles. The molecule has 130 valence electrons. The van der Waals surface area contributed by atoms with Gasteiger partial charge in [0, 0.05) is 5.56 Å². The molecule has 4 nitrogen and oxygen atoms in total. The number of para-hydroxylation sites is 1. The second kappa shape index (κ2) is 8.59. The highest BCUT2D eigenvalue weighted by molar-refractivity contribution is 5.94. The highest BCUT2D eigenvalue weighted by Crippen LogP contribution is 2.14. The Hall–Kier alpha value is -3.45. The quantitative estimate of drug-likeness (QED) is 0.605. The van der Waals surface area contributed by atoms with Crippen LogP contribution in [0.2, 0.25) is 0 Å². The topological polar surface area (TPSA) is 42.7 Å². The summed E-state index contributed by atoms with van der Waals surface area (Å²) >= 11 is 0. The van der Waals surface area contributed by atoms with Crippen molar-refractivity contribution in [2.24, 2.45) is 0 Å². The summed E-state index contributed by atoms with van der Waals surface area (Å²) < 4.78 is 11.0. The zero-order valence-electron chi connectivity index (χ0n) is 14.3. The zero-order valence-corrected chi connectivity index (χ0v) is 14.3. The molecule has 0 aliphatic carbocycles. The van der Waals surface area contributed by atoms with Crippen molar-refractivity contribution in [1.82, 2.24) is 4.90 Å². The monoisotopic (exact) mass is 345 g/mol. The van der Waals surface area contributed by atoms with Gasteiger partial charge in [0.1, 0.15) is 18.1 Å². The van der Waals surface area contributed by atoms with Crippen LogP contribution in [-0.2, 0) is 13.2 Å². The van der Waals surface area contributed by atoms with Gasteiger partial charge in [-0.25, -0.2) is 0 Å². The predicted octanol–water partition coefficient (Wildman–Crippen LogP) is 4.13. The molecule has 4 heteroatoms. The molecule has 3 aromatic rings. The van der Waals surface area contributed by atoms with Crippen LogP contribution < -0.4 is 4.74 Å². The van der Waals surface area contributed by atoms with Crippen molar-refractivity contribution in [3.8, 4) is 18.1 Å². The van der Waals surface area contributed by atoms with Crippen LogP contribution in [-0.4, -0.2) is 17.4 Å². The van der Waals surface area contributed by atoms with Crippen molar-refractivity contribution < 1.29 is 13.9 Å². The van der Waals surface area contributed by atoms with Gasteiger partial charge in [-0.1, -0.05) is 36.3 Å². The van der Waals surface area contributed by atoms with Gasteiger partial charge in [0.05, 0.1) is 19.4 Å². The van der Waals surface area contributed by atoms with Gasteiger partial charge < -0.3 is 14.1 Å². The first kappa shape index (κ1) is 17.4. The number of amides is 1. The third kappa shape index (κ3) is 4.55. The van der Waals surface area contributed by atoms with Crippen LogP contribution in [0, 0.1) is 12.3 Å². The highest BCUT2D eigenvalue weighted by atomic mass is 16.5. The molecule has 0 saturated carbocycles. The van der Waals surface area contributed by atoms with Gasteiger partial charge in [-0.3, -0.25) is 4.79 Å². The maximum atomic E-state index is 12.7. The average Bonchev–Trinajstić information content (AvgIpc) is 3.20. The van der Waals surface area contributed by atoms with Crippen LogP contribution in [0.1, 0.15) is 21.7 Å². The molecule has 0 fully saturated rings. The number of nitrogens with zero attached hydrogens (tertiary/aromatic N) is 1. The Labute approximate surface area is 153 Å². The normalized spacial score (nSPS) is 10.1. The van der Waals surface area contributed by atoms with E-state index in [9.17, 15) is 4.79 Å². The summed E-state index contributed by atoms with van der Waals surface area (Å²) in [6, 6.07) is 20.6. The van der Waals surface area contributed by atoms with Crippen LogP contribution in [0.4, 0.5) is 0 Å². The number of hydrogen-bond donors (Lipinski definition) is 0. The number of rotatable bonds is 7. The second-order valence-corrected chi connectivity index (χ2v) is 5.74. The van der Waals surface area contributed by atoms with Gasteiger partial charge in [-0.05, 0) is 42.0 Å². The smallest absolute Gasteiger partial charge is 0.255 e. The van der Waals surface area contributed by atoms with E-state index in [1.807, 2.05) is 48.5 Å². The minimum absolute atomic E-state index is 0.130. The minimum atomic E-state index is -0.130. The van der Waals surface area contributed by atoms with Gasteiger partial charge in [0.2, 0.25) is 0 Å². The van der Waals surface area contributed by atoms with E-state index >= 15 is 0 Å². The number of terminal acetylenes is 1. The number of benzene rings is 2. The van der Waals surface area contributed by atoms with Crippen molar-refractivity contribution in [1.29, 1.82) is 0 Å².